The largest absolute Gasteiger partial charge is 0.508 e. The number of benzene rings is 4. The van der Waals surface area contributed by atoms with Crippen LogP contribution in [0.1, 0.15) is 61.3 Å². The normalized spacial score (nSPS) is 22.3. The number of aromatic hydroxyl groups is 5. The first-order chi connectivity index (χ1) is 22.5. The Balaban J connectivity index is 1.38. The van der Waals surface area contributed by atoms with Crippen LogP contribution >= 0.6 is 0 Å². The highest BCUT2D eigenvalue weighted by Gasteiger charge is 2.62. The Hall–Kier alpha value is -5.50. The first kappa shape index (κ1) is 28.9. The van der Waals surface area contributed by atoms with Crippen molar-refractivity contribution in [1.82, 2.24) is 0 Å². The van der Waals surface area contributed by atoms with Crippen molar-refractivity contribution in [3.05, 3.63) is 112 Å². The lowest BCUT2D eigenvalue weighted by Gasteiger charge is -2.55. The van der Waals surface area contributed by atoms with Gasteiger partial charge in [0.15, 0.2) is 0 Å². The van der Waals surface area contributed by atoms with E-state index in [0.29, 0.717) is 57.9 Å². The first-order valence-electron chi connectivity index (χ1n) is 15.7. The Morgan fingerprint density at radius 3 is 2.43 bits per heavy atom. The second-order valence-electron chi connectivity index (χ2n) is 13.2. The lowest BCUT2D eigenvalue weighted by atomic mass is 9.61. The molecule has 0 radical (unpaired) electrons. The molecule has 5 N–H and O–H groups in total. The van der Waals surface area contributed by atoms with Crippen molar-refractivity contribution in [2.75, 3.05) is 0 Å². The van der Waals surface area contributed by atoms with Gasteiger partial charge in [-0.1, -0.05) is 29.4 Å². The SMILES string of the molecule is CC(C)=CCc1c(O)ccc(C23Oc4cc(O)ccc4C4CC(C)=CC(c5c(O)cc(-c6cc7ccc(O)cc7o6)cc5O2)C43)c1O. The average Bonchev–Trinajstić information content (AvgIpc) is 3.43. The summed E-state index contributed by atoms with van der Waals surface area (Å²) in [7, 11) is 0. The zero-order valence-electron chi connectivity index (χ0n) is 26.1. The molecule has 0 bridgehead atoms. The summed E-state index contributed by atoms with van der Waals surface area (Å²) in [4.78, 5) is 0. The van der Waals surface area contributed by atoms with Crippen molar-refractivity contribution in [2.45, 2.75) is 51.2 Å². The summed E-state index contributed by atoms with van der Waals surface area (Å²) in [5, 5.41) is 55.8. The van der Waals surface area contributed by atoms with Gasteiger partial charge in [0, 0.05) is 46.0 Å². The number of fused-ring (bicyclic) bond motifs is 5. The van der Waals surface area contributed by atoms with E-state index in [0.717, 1.165) is 22.1 Å². The molecule has 0 amide bonds. The van der Waals surface area contributed by atoms with Crippen LogP contribution in [0.3, 0.4) is 0 Å². The molecular formula is C39H34O8. The molecule has 47 heavy (non-hydrogen) atoms. The highest BCUT2D eigenvalue weighted by Crippen LogP contribution is 2.65. The third-order valence-corrected chi connectivity index (χ3v) is 9.77. The molecule has 3 heterocycles. The Morgan fingerprint density at radius 1 is 0.851 bits per heavy atom. The highest BCUT2D eigenvalue weighted by molar-refractivity contribution is 5.84. The third-order valence-electron chi connectivity index (χ3n) is 9.77. The molecule has 1 aromatic heterocycles. The lowest BCUT2D eigenvalue weighted by molar-refractivity contribution is -0.198. The number of allylic oxidation sites excluding steroid dienone is 4. The second kappa shape index (κ2) is 10.3. The summed E-state index contributed by atoms with van der Waals surface area (Å²) in [6.07, 6.45) is 5.03. The molecule has 4 aromatic carbocycles. The smallest absolute Gasteiger partial charge is 0.285 e. The van der Waals surface area contributed by atoms with Crippen molar-refractivity contribution in [2.24, 2.45) is 5.92 Å². The fourth-order valence-electron chi connectivity index (χ4n) is 7.71. The van der Waals surface area contributed by atoms with Crippen molar-refractivity contribution in [1.29, 1.82) is 0 Å². The Kier molecular flexibility index (Phi) is 6.31. The molecule has 8 heteroatoms. The number of rotatable bonds is 4. The molecule has 4 unspecified atom stereocenters. The summed E-state index contributed by atoms with van der Waals surface area (Å²) in [5.41, 5.74) is 5.38. The molecule has 0 spiro atoms. The van der Waals surface area contributed by atoms with Gasteiger partial charge in [-0.25, -0.2) is 0 Å². The van der Waals surface area contributed by atoms with Crippen LogP contribution in [0.15, 0.2) is 94.4 Å². The van der Waals surface area contributed by atoms with Crippen molar-refractivity contribution in [3.8, 4) is 51.6 Å². The van der Waals surface area contributed by atoms with E-state index >= 15 is 0 Å². The summed E-state index contributed by atoms with van der Waals surface area (Å²) in [6.45, 7) is 5.96. The summed E-state index contributed by atoms with van der Waals surface area (Å²) in [5.74, 6) is -1.39. The Morgan fingerprint density at radius 2 is 1.62 bits per heavy atom. The molecule has 3 aliphatic rings. The second-order valence-corrected chi connectivity index (χ2v) is 13.2. The Labute approximate surface area is 271 Å². The van der Waals surface area contributed by atoms with E-state index in [1.807, 2.05) is 32.1 Å². The van der Waals surface area contributed by atoms with Crippen LogP contribution in [0.25, 0.3) is 22.3 Å². The molecule has 4 atom stereocenters. The number of hydrogen-bond donors (Lipinski definition) is 5. The van der Waals surface area contributed by atoms with Gasteiger partial charge in [-0.3, -0.25) is 0 Å². The third kappa shape index (κ3) is 4.42. The van der Waals surface area contributed by atoms with Crippen molar-refractivity contribution in [3.63, 3.8) is 0 Å². The van der Waals surface area contributed by atoms with E-state index in [9.17, 15) is 25.5 Å². The van der Waals surface area contributed by atoms with E-state index in [1.165, 1.54) is 6.07 Å². The summed E-state index contributed by atoms with van der Waals surface area (Å²) >= 11 is 0. The van der Waals surface area contributed by atoms with Gasteiger partial charge in [-0.15, -0.1) is 0 Å². The van der Waals surface area contributed by atoms with Gasteiger partial charge < -0.3 is 39.4 Å². The molecule has 0 saturated heterocycles. The lowest BCUT2D eigenvalue weighted by Crippen LogP contribution is -2.56. The summed E-state index contributed by atoms with van der Waals surface area (Å²) < 4.78 is 19.9. The zero-order chi connectivity index (χ0) is 32.8. The van der Waals surface area contributed by atoms with Crippen LogP contribution < -0.4 is 9.47 Å². The number of furan rings is 1. The minimum atomic E-state index is -1.61. The van der Waals surface area contributed by atoms with Gasteiger partial charge in [-0.2, -0.15) is 0 Å². The predicted octanol–water partition coefficient (Wildman–Crippen LogP) is 8.61. The molecule has 8 nitrogen and oxygen atoms in total. The molecule has 5 aromatic rings. The van der Waals surface area contributed by atoms with E-state index in [2.05, 4.69) is 13.0 Å². The number of phenols is 5. The van der Waals surface area contributed by atoms with E-state index < -0.39 is 11.7 Å². The molecule has 2 aliphatic heterocycles. The van der Waals surface area contributed by atoms with Gasteiger partial charge in [-0.05, 0) is 87.7 Å². The van der Waals surface area contributed by atoms with Crippen molar-refractivity contribution < 1.29 is 39.4 Å². The Bertz CT molecular complexity index is 2170. The van der Waals surface area contributed by atoms with Crippen LogP contribution in [0, 0.1) is 5.92 Å². The van der Waals surface area contributed by atoms with Crippen LogP contribution in [-0.2, 0) is 12.2 Å². The molecule has 8 rings (SSSR count). The fraction of sp³-hybridized carbons (Fsp3) is 0.231. The fourth-order valence-corrected chi connectivity index (χ4v) is 7.71. The van der Waals surface area contributed by atoms with E-state index in [4.69, 9.17) is 13.9 Å². The number of ether oxygens (including phenoxy) is 2. The maximum Gasteiger partial charge on any atom is 0.285 e. The minimum absolute atomic E-state index is 0.0276. The molecular weight excluding hydrogens is 596 g/mol. The predicted molar refractivity (Wildman–Crippen MR) is 176 cm³/mol. The summed E-state index contributed by atoms with van der Waals surface area (Å²) in [6, 6.07) is 18.4. The molecule has 0 fully saturated rings. The maximum absolute atomic E-state index is 11.9. The maximum atomic E-state index is 11.9. The van der Waals surface area contributed by atoms with Gasteiger partial charge >= 0.3 is 0 Å². The monoisotopic (exact) mass is 630 g/mol. The van der Waals surface area contributed by atoms with Gasteiger partial charge in [0.25, 0.3) is 5.79 Å². The number of phenolic OH excluding ortho intramolecular Hbond substituents is 5. The van der Waals surface area contributed by atoms with Crippen LogP contribution in [0.4, 0.5) is 0 Å². The average molecular weight is 631 g/mol. The first-order valence-corrected chi connectivity index (χ1v) is 15.7. The number of hydrogen-bond acceptors (Lipinski definition) is 8. The molecule has 1 aliphatic carbocycles. The molecule has 238 valence electrons. The topological polar surface area (TPSA) is 133 Å². The highest BCUT2D eigenvalue weighted by atomic mass is 16.7. The standard InChI is InChI=1S/C39H34O8/c1-19(2)4-8-26-30(42)11-10-29(38(26)44)39-37-27(25-9-7-24(41)18-34(25)46-39)12-20(3)13-28(37)36-31(43)14-22(16-35(36)47-39)32-15-21-5-6-23(40)17-33(21)45-32/h4-7,9-11,13-18,27-28,37,40-44H,8,12H2,1-3H3. The van der Waals surface area contributed by atoms with Gasteiger partial charge in [0.05, 0.1) is 11.5 Å². The van der Waals surface area contributed by atoms with Crippen LogP contribution in [0.2, 0.25) is 0 Å². The van der Waals surface area contributed by atoms with Gasteiger partial charge in [0.1, 0.15) is 51.6 Å². The van der Waals surface area contributed by atoms with Crippen molar-refractivity contribution >= 4 is 11.0 Å². The van der Waals surface area contributed by atoms with Crippen LogP contribution in [0.5, 0.6) is 40.2 Å². The minimum Gasteiger partial charge on any atom is -0.508 e. The molecule has 0 saturated carbocycles. The van der Waals surface area contributed by atoms with Gasteiger partial charge in [0.2, 0.25) is 0 Å². The van der Waals surface area contributed by atoms with E-state index in [1.54, 1.807) is 48.5 Å². The van der Waals surface area contributed by atoms with E-state index in [-0.39, 0.29) is 40.6 Å². The van der Waals surface area contributed by atoms with Crippen LogP contribution in [-0.4, -0.2) is 25.5 Å². The zero-order valence-corrected chi connectivity index (χ0v) is 26.1. The quantitative estimate of drug-likeness (QED) is 0.125.